The van der Waals surface area contributed by atoms with Crippen LogP contribution < -0.4 is 4.74 Å². The second-order valence-corrected chi connectivity index (χ2v) is 4.59. The molecule has 0 saturated carbocycles. The molecule has 6 heteroatoms. The van der Waals surface area contributed by atoms with Crippen molar-refractivity contribution in [1.82, 2.24) is 4.98 Å². The molecule has 2 aromatic rings. The number of hydrogen-bond donors (Lipinski definition) is 1. The van der Waals surface area contributed by atoms with Crippen LogP contribution in [0.2, 0.25) is 0 Å². The summed E-state index contributed by atoms with van der Waals surface area (Å²) in [5.41, 5.74) is 2.36. The van der Waals surface area contributed by atoms with Crippen molar-refractivity contribution < 1.29 is 23.8 Å². The van der Waals surface area contributed by atoms with E-state index in [1.165, 1.54) is 14.2 Å². The van der Waals surface area contributed by atoms with Gasteiger partial charge in [-0.3, -0.25) is 0 Å². The Kier molecular flexibility index (Phi) is 4.50. The van der Waals surface area contributed by atoms with Crippen LogP contribution in [0.1, 0.15) is 26.4 Å². The van der Waals surface area contributed by atoms with Crippen LogP contribution in [0.5, 0.6) is 5.75 Å². The third-order valence-corrected chi connectivity index (χ3v) is 3.41. The van der Waals surface area contributed by atoms with E-state index in [0.29, 0.717) is 17.0 Å². The van der Waals surface area contributed by atoms with Crippen molar-refractivity contribution >= 4 is 11.9 Å². The lowest BCUT2D eigenvalue weighted by molar-refractivity contribution is 0.0551. The predicted molar refractivity (Wildman–Crippen MR) is 80.2 cm³/mol. The topological polar surface area (TPSA) is 77.6 Å². The summed E-state index contributed by atoms with van der Waals surface area (Å²) in [6, 6.07) is 7.26. The minimum atomic E-state index is -0.622. The quantitative estimate of drug-likeness (QED) is 0.878. The standard InChI is InChI=1S/C16H17NO5/c1-9-12(15(18)21-3)14(16(19)22-4)17-13(9)10-5-7-11(20-2)8-6-10/h5-8,17H,1-4H3. The number of carbonyl (C=O) groups excluding carboxylic acids is 2. The maximum Gasteiger partial charge on any atom is 0.355 e. The Hall–Kier alpha value is -2.76. The Balaban J connectivity index is 2.59. The Morgan fingerprint density at radius 2 is 1.55 bits per heavy atom. The maximum absolute atomic E-state index is 12.0. The third kappa shape index (κ3) is 2.67. The fourth-order valence-corrected chi connectivity index (χ4v) is 2.25. The fraction of sp³-hybridized carbons (Fsp3) is 0.250. The lowest BCUT2D eigenvalue weighted by Gasteiger charge is -2.03. The van der Waals surface area contributed by atoms with Crippen molar-refractivity contribution in [3.63, 3.8) is 0 Å². The molecular weight excluding hydrogens is 286 g/mol. The maximum atomic E-state index is 12.0. The average molecular weight is 303 g/mol. The molecule has 6 nitrogen and oxygen atoms in total. The van der Waals surface area contributed by atoms with Crippen LogP contribution in [-0.4, -0.2) is 38.3 Å². The van der Waals surface area contributed by atoms with Gasteiger partial charge in [0.1, 0.15) is 11.4 Å². The van der Waals surface area contributed by atoms with Crippen LogP contribution in [0.4, 0.5) is 0 Å². The van der Waals surface area contributed by atoms with E-state index in [1.54, 1.807) is 26.2 Å². The molecule has 0 atom stereocenters. The van der Waals surface area contributed by atoms with Crippen molar-refractivity contribution in [2.75, 3.05) is 21.3 Å². The summed E-state index contributed by atoms with van der Waals surface area (Å²) in [4.78, 5) is 26.8. The number of ether oxygens (including phenoxy) is 3. The first-order chi connectivity index (χ1) is 10.5. The molecule has 0 amide bonds. The third-order valence-electron chi connectivity index (χ3n) is 3.41. The molecule has 22 heavy (non-hydrogen) atoms. The highest BCUT2D eigenvalue weighted by molar-refractivity contribution is 6.05. The van der Waals surface area contributed by atoms with Crippen molar-refractivity contribution in [2.45, 2.75) is 6.92 Å². The Morgan fingerprint density at radius 3 is 2.05 bits per heavy atom. The minimum Gasteiger partial charge on any atom is -0.497 e. The molecule has 0 bridgehead atoms. The van der Waals surface area contributed by atoms with E-state index in [0.717, 1.165) is 5.56 Å². The van der Waals surface area contributed by atoms with E-state index in [4.69, 9.17) is 14.2 Å². The first-order valence-corrected chi connectivity index (χ1v) is 6.57. The van der Waals surface area contributed by atoms with Crippen LogP contribution in [0.3, 0.4) is 0 Å². The van der Waals surface area contributed by atoms with Gasteiger partial charge in [-0.2, -0.15) is 0 Å². The molecule has 0 spiro atoms. The highest BCUT2D eigenvalue weighted by Crippen LogP contribution is 2.29. The summed E-state index contributed by atoms with van der Waals surface area (Å²) < 4.78 is 14.6. The Morgan fingerprint density at radius 1 is 0.955 bits per heavy atom. The molecule has 1 N–H and O–H groups in total. The number of H-pyrrole nitrogens is 1. The Bertz CT molecular complexity index is 700. The second-order valence-electron chi connectivity index (χ2n) is 4.59. The molecule has 0 aliphatic heterocycles. The number of methoxy groups -OCH3 is 3. The van der Waals surface area contributed by atoms with Crippen LogP contribution in [0.15, 0.2) is 24.3 Å². The van der Waals surface area contributed by atoms with Gasteiger partial charge in [-0.25, -0.2) is 9.59 Å². The second kappa shape index (κ2) is 6.34. The van der Waals surface area contributed by atoms with Crippen molar-refractivity contribution in [1.29, 1.82) is 0 Å². The molecule has 1 aromatic carbocycles. The molecule has 0 fully saturated rings. The number of nitrogens with one attached hydrogen (secondary N) is 1. The first kappa shape index (κ1) is 15.6. The summed E-state index contributed by atoms with van der Waals surface area (Å²) in [5.74, 6) is -0.494. The number of rotatable bonds is 4. The number of esters is 2. The molecule has 0 radical (unpaired) electrons. The van der Waals surface area contributed by atoms with E-state index in [-0.39, 0.29) is 11.3 Å². The van der Waals surface area contributed by atoms with Crippen LogP contribution in [0, 0.1) is 6.92 Å². The largest absolute Gasteiger partial charge is 0.497 e. The molecule has 0 aliphatic carbocycles. The monoisotopic (exact) mass is 303 g/mol. The van der Waals surface area contributed by atoms with E-state index in [2.05, 4.69) is 4.98 Å². The number of aromatic amines is 1. The number of hydrogen-bond acceptors (Lipinski definition) is 5. The van der Waals surface area contributed by atoms with Gasteiger partial charge in [0.25, 0.3) is 0 Å². The zero-order valence-corrected chi connectivity index (χ0v) is 12.9. The zero-order chi connectivity index (χ0) is 16.3. The van der Waals surface area contributed by atoms with Gasteiger partial charge in [0, 0.05) is 5.69 Å². The summed E-state index contributed by atoms with van der Waals surface area (Å²) in [5, 5.41) is 0. The van der Waals surface area contributed by atoms with Crippen molar-refractivity contribution in [3.05, 3.63) is 41.1 Å². The smallest absolute Gasteiger partial charge is 0.355 e. The van der Waals surface area contributed by atoms with Gasteiger partial charge in [-0.1, -0.05) is 0 Å². The lowest BCUT2D eigenvalue weighted by atomic mass is 10.0. The SMILES string of the molecule is COC(=O)c1[nH]c(-c2ccc(OC)cc2)c(C)c1C(=O)OC. The van der Waals surface area contributed by atoms with Gasteiger partial charge in [-0.15, -0.1) is 0 Å². The zero-order valence-electron chi connectivity index (χ0n) is 12.9. The molecule has 0 unspecified atom stereocenters. The van der Waals surface area contributed by atoms with E-state index in [1.807, 2.05) is 12.1 Å². The molecule has 1 heterocycles. The summed E-state index contributed by atoms with van der Waals surface area (Å²) in [6.07, 6.45) is 0. The van der Waals surface area contributed by atoms with Gasteiger partial charge in [0.15, 0.2) is 0 Å². The van der Waals surface area contributed by atoms with E-state index < -0.39 is 11.9 Å². The van der Waals surface area contributed by atoms with Crippen molar-refractivity contribution in [2.24, 2.45) is 0 Å². The number of aromatic nitrogens is 1. The highest BCUT2D eigenvalue weighted by Gasteiger charge is 2.26. The van der Waals surface area contributed by atoms with Gasteiger partial charge in [0.2, 0.25) is 0 Å². The minimum absolute atomic E-state index is 0.0812. The molecule has 1 aromatic heterocycles. The molecule has 0 aliphatic rings. The Labute approximate surface area is 128 Å². The van der Waals surface area contributed by atoms with Gasteiger partial charge >= 0.3 is 11.9 Å². The average Bonchev–Trinajstić information content (AvgIpc) is 2.90. The normalized spacial score (nSPS) is 10.2. The van der Waals surface area contributed by atoms with Crippen LogP contribution in [-0.2, 0) is 9.47 Å². The summed E-state index contributed by atoms with van der Waals surface area (Å²) in [6.45, 7) is 1.74. The number of carbonyl (C=O) groups is 2. The molecule has 116 valence electrons. The van der Waals surface area contributed by atoms with Crippen LogP contribution in [0.25, 0.3) is 11.3 Å². The highest BCUT2D eigenvalue weighted by atomic mass is 16.5. The van der Waals surface area contributed by atoms with Gasteiger partial charge < -0.3 is 19.2 Å². The van der Waals surface area contributed by atoms with E-state index >= 15 is 0 Å². The van der Waals surface area contributed by atoms with Gasteiger partial charge in [-0.05, 0) is 42.3 Å². The molecular formula is C16H17NO5. The molecule has 2 rings (SSSR count). The number of benzene rings is 1. The lowest BCUT2D eigenvalue weighted by Crippen LogP contribution is -2.11. The molecule has 0 saturated heterocycles. The van der Waals surface area contributed by atoms with Crippen molar-refractivity contribution in [3.8, 4) is 17.0 Å². The fourth-order valence-electron chi connectivity index (χ4n) is 2.25. The summed E-state index contributed by atoms with van der Waals surface area (Å²) in [7, 11) is 4.11. The first-order valence-electron chi connectivity index (χ1n) is 6.57. The van der Waals surface area contributed by atoms with E-state index in [9.17, 15) is 9.59 Å². The predicted octanol–water partition coefficient (Wildman–Crippen LogP) is 2.57. The van der Waals surface area contributed by atoms with Gasteiger partial charge in [0.05, 0.1) is 26.9 Å². The van der Waals surface area contributed by atoms with Crippen LogP contribution >= 0.6 is 0 Å². The summed E-state index contributed by atoms with van der Waals surface area (Å²) >= 11 is 0.